The van der Waals surface area contributed by atoms with E-state index in [4.69, 9.17) is 8.85 Å². The average Bonchev–Trinajstić information content (AvgIpc) is 2.06. The minimum atomic E-state index is -1.91. The molecule has 0 aromatic heterocycles. The van der Waals surface area contributed by atoms with Crippen molar-refractivity contribution in [2.45, 2.75) is 33.2 Å². The van der Waals surface area contributed by atoms with Crippen molar-refractivity contribution in [1.82, 2.24) is 0 Å². The van der Waals surface area contributed by atoms with Crippen molar-refractivity contribution in [3.63, 3.8) is 0 Å². The second-order valence-corrected chi connectivity index (χ2v) is 6.85. The van der Waals surface area contributed by atoms with Gasteiger partial charge < -0.3 is 8.85 Å². The van der Waals surface area contributed by atoms with Gasteiger partial charge in [0, 0.05) is 18.6 Å². The topological polar surface area (TPSA) is 18.5 Å². The van der Waals surface area contributed by atoms with Gasteiger partial charge in [-0.3, -0.25) is 0 Å². The molecule has 0 atom stereocenters. The first-order chi connectivity index (χ1) is 5.74. The molecular formula is C8H20O2SSi. The molecule has 0 saturated heterocycles. The van der Waals surface area contributed by atoms with Gasteiger partial charge in [0.25, 0.3) is 0 Å². The first-order valence-corrected chi connectivity index (χ1v) is 7.49. The molecule has 0 aromatic rings. The Labute approximate surface area is 82.3 Å². The van der Waals surface area contributed by atoms with Gasteiger partial charge in [0.15, 0.2) is 0 Å². The van der Waals surface area contributed by atoms with Crippen LogP contribution in [0.2, 0.25) is 6.04 Å². The molecule has 0 spiro atoms. The van der Waals surface area contributed by atoms with Gasteiger partial charge in [0.05, 0.1) is 0 Å². The van der Waals surface area contributed by atoms with Crippen LogP contribution in [0.4, 0.5) is 0 Å². The van der Waals surface area contributed by atoms with E-state index < -0.39 is 8.56 Å². The summed E-state index contributed by atoms with van der Waals surface area (Å²) in [6.07, 6.45) is 1.12. The Bertz CT molecular complexity index is 94.2. The molecule has 0 fully saturated rings. The van der Waals surface area contributed by atoms with E-state index in [2.05, 4.69) is 19.6 Å². The maximum absolute atomic E-state index is 5.70. The lowest BCUT2D eigenvalue weighted by molar-refractivity contribution is 0.188. The molecule has 0 heterocycles. The van der Waals surface area contributed by atoms with E-state index in [1.807, 2.05) is 13.8 Å². The summed E-state index contributed by atoms with van der Waals surface area (Å²) in [6.45, 7) is 7.67. The zero-order chi connectivity index (χ0) is 9.45. The molecule has 0 saturated carbocycles. The molecule has 4 heteroatoms. The fourth-order valence-corrected chi connectivity index (χ4v) is 4.81. The predicted octanol–water partition coefficient (Wildman–Crippen LogP) is 2.38. The zero-order valence-corrected chi connectivity index (χ0v) is 10.2. The van der Waals surface area contributed by atoms with Crippen molar-refractivity contribution in [1.29, 1.82) is 0 Å². The van der Waals surface area contributed by atoms with Gasteiger partial charge in [0.2, 0.25) is 0 Å². The molecule has 0 aliphatic heterocycles. The average molecular weight is 208 g/mol. The van der Waals surface area contributed by atoms with Crippen LogP contribution in [-0.2, 0) is 8.85 Å². The lowest BCUT2D eigenvalue weighted by Crippen LogP contribution is -2.44. The van der Waals surface area contributed by atoms with Crippen molar-refractivity contribution in [2.75, 3.05) is 18.6 Å². The van der Waals surface area contributed by atoms with Crippen molar-refractivity contribution >= 4 is 21.2 Å². The first kappa shape index (κ1) is 12.5. The highest BCUT2D eigenvalue weighted by molar-refractivity contribution is 7.82. The Balaban J connectivity index is 4.06. The smallest absolute Gasteiger partial charge is 0.348 e. The molecule has 2 nitrogen and oxygen atoms in total. The molecule has 0 aliphatic carbocycles. The summed E-state index contributed by atoms with van der Waals surface area (Å²) >= 11 is 4.32. The van der Waals surface area contributed by atoms with E-state index in [-0.39, 0.29) is 0 Å². The molecule has 0 bridgehead atoms. The van der Waals surface area contributed by atoms with Gasteiger partial charge in [0.1, 0.15) is 0 Å². The lowest BCUT2D eigenvalue weighted by atomic mass is 10.6. The number of hydrogen-bond acceptors (Lipinski definition) is 3. The van der Waals surface area contributed by atoms with E-state index in [1.54, 1.807) is 0 Å². The Hall–Kier alpha value is 0.487. The van der Waals surface area contributed by atoms with Gasteiger partial charge in [-0.2, -0.15) is 12.6 Å². The molecule has 74 valence electrons. The molecule has 0 radical (unpaired) electrons. The van der Waals surface area contributed by atoms with Crippen LogP contribution in [0.5, 0.6) is 0 Å². The SMILES string of the molecule is CCC[Si](CS)(OCC)OCC. The minimum Gasteiger partial charge on any atom is -0.394 e. The van der Waals surface area contributed by atoms with E-state index in [0.29, 0.717) is 0 Å². The van der Waals surface area contributed by atoms with E-state index >= 15 is 0 Å². The summed E-state index contributed by atoms with van der Waals surface area (Å²) in [5, 5.41) is 0.766. The second-order valence-electron chi connectivity index (χ2n) is 2.68. The summed E-state index contributed by atoms with van der Waals surface area (Å²) in [5.74, 6) is 0. The van der Waals surface area contributed by atoms with Crippen molar-refractivity contribution in [2.24, 2.45) is 0 Å². The normalized spacial score (nSPS) is 12.0. The molecular weight excluding hydrogens is 188 g/mol. The standard InChI is InChI=1S/C8H20O2SSi/c1-4-7-12(8-11,9-5-2)10-6-3/h11H,4-8H2,1-3H3. The van der Waals surface area contributed by atoms with Gasteiger partial charge in [-0.1, -0.05) is 13.3 Å². The number of thiol groups is 1. The van der Waals surface area contributed by atoms with E-state index in [9.17, 15) is 0 Å². The monoisotopic (exact) mass is 208 g/mol. The van der Waals surface area contributed by atoms with Crippen molar-refractivity contribution in [3.8, 4) is 0 Å². The maximum Gasteiger partial charge on any atom is 0.348 e. The third-order valence-electron chi connectivity index (χ3n) is 1.69. The van der Waals surface area contributed by atoms with Crippen molar-refractivity contribution < 1.29 is 8.85 Å². The van der Waals surface area contributed by atoms with Crippen LogP contribution in [0.25, 0.3) is 0 Å². The van der Waals surface area contributed by atoms with Crippen LogP contribution >= 0.6 is 12.6 Å². The van der Waals surface area contributed by atoms with Crippen LogP contribution in [0.3, 0.4) is 0 Å². The molecule has 0 unspecified atom stereocenters. The van der Waals surface area contributed by atoms with Gasteiger partial charge in [-0.25, -0.2) is 0 Å². The Morgan fingerprint density at radius 3 is 1.83 bits per heavy atom. The minimum absolute atomic E-state index is 0.743. The van der Waals surface area contributed by atoms with Crippen LogP contribution < -0.4 is 0 Å². The summed E-state index contributed by atoms with van der Waals surface area (Å²) < 4.78 is 11.4. The first-order valence-electron chi connectivity index (χ1n) is 4.63. The lowest BCUT2D eigenvalue weighted by Gasteiger charge is -2.27. The molecule has 0 amide bonds. The van der Waals surface area contributed by atoms with E-state index in [0.717, 1.165) is 31.1 Å². The highest BCUT2D eigenvalue weighted by atomic mass is 32.1. The fraction of sp³-hybridized carbons (Fsp3) is 1.00. The summed E-state index contributed by atoms with van der Waals surface area (Å²) in [6, 6.07) is 1.05. The molecule has 0 rings (SSSR count). The third-order valence-corrected chi connectivity index (χ3v) is 6.51. The molecule has 0 N–H and O–H groups in total. The van der Waals surface area contributed by atoms with Crippen LogP contribution in [0.15, 0.2) is 0 Å². The van der Waals surface area contributed by atoms with E-state index in [1.165, 1.54) is 0 Å². The number of rotatable bonds is 7. The van der Waals surface area contributed by atoms with Gasteiger partial charge >= 0.3 is 8.56 Å². The third kappa shape index (κ3) is 3.94. The quantitative estimate of drug-likeness (QED) is 0.511. The highest BCUT2D eigenvalue weighted by Crippen LogP contribution is 2.17. The van der Waals surface area contributed by atoms with Crippen LogP contribution in [-0.4, -0.2) is 27.2 Å². The summed E-state index contributed by atoms with van der Waals surface area (Å²) in [7, 11) is -1.91. The molecule has 0 aliphatic rings. The second kappa shape index (κ2) is 6.94. The van der Waals surface area contributed by atoms with Gasteiger partial charge in [-0.15, -0.1) is 0 Å². The summed E-state index contributed by atoms with van der Waals surface area (Å²) in [5.41, 5.74) is 0. The Kier molecular flexibility index (Phi) is 7.23. The maximum atomic E-state index is 5.70. The van der Waals surface area contributed by atoms with Crippen LogP contribution in [0.1, 0.15) is 27.2 Å². The fourth-order valence-electron chi connectivity index (χ4n) is 1.26. The predicted molar refractivity (Wildman–Crippen MR) is 58.0 cm³/mol. The Morgan fingerprint density at radius 1 is 1.08 bits per heavy atom. The zero-order valence-electron chi connectivity index (χ0n) is 8.30. The summed E-state index contributed by atoms with van der Waals surface area (Å²) in [4.78, 5) is 0. The van der Waals surface area contributed by atoms with Crippen molar-refractivity contribution in [3.05, 3.63) is 0 Å². The Morgan fingerprint density at radius 2 is 1.58 bits per heavy atom. The van der Waals surface area contributed by atoms with Gasteiger partial charge in [-0.05, 0) is 19.9 Å². The molecule has 0 aromatic carbocycles. The van der Waals surface area contributed by atoms with Crippen LogP contribution in [0, 0.1) is 0 Å². The number of hydrogen-bond donors (Lipinski definition) is 1. The largest absolute Gasteiger partial charge is 0.394 e. The highest BCUT2D eigenvalue weighted by Gasteiger charge is 2.34. The molecule has 12 heavy (non-hydrogen) atoms.